The molecule has 2 N–H and O–H groups in total. The topological polar surface area (TPSA) is 43.8 Å². The maximum absolute atomic E-state index is 5.61. The fraction of sp³-hybridized carbons (Fsp3) is 0.357. The van der Waals surface area contributed by atoms with Crippen molar-refractivity contribution in [3.05, 3.63) is 35.8 Å². The molecule has 0 saturated heterocycles. The lowest BCUT2D eigenvalue weighted by molar-refractivity contribution is 0.782. The maximum atomic E-state index is 5.61. The minimum atomic E-state index is 0.634. The second-order valence-electron chi connectivity index (χ2n) is 4.29. The average Bonchev–Trinajstić information content (AvgIpc) is 2.65. The normalized spacial score (nSPS) is 10.9. The zero-order chi connectivity index (χ0) is 13.1. The summed E-state index contributed by atoms with van der Waals surface area (Å²) in [6, 6.07) is 8.61. The molecule has 0 saturated carbocycles. The summed E-state index contributed by atoms with van der Waals surface area (Å²) in [4.78, 5) is 5.88. The van der Waals surface area contributed by atoms with Crippen LogP contribution in [0.5, 0.6) is 0 Å². The van der Waals surface area contributed by atoms with Crippen LogP contribution < -0.4 is 5.73 Å². The van der Waals surface area contributed by atoms with Crippen LogP contribution in [-0.4, -0.2) is 22.4 Å². The number of imidazole rings is 1. The molecule has 0 aliphatic rings. The largest absolute Gasteiger partial charge is 0.331 e. The number of nitrogens with zero attached hydrogens (tertiary/aromatic N) is 2. The molecule has 3 nitrogen and oxygen atoms in total. The van der Waals surface area contributed by atoms with Gasteiger partial charge in [-0.15, -0.1) is 11.8 Å². The van der Waals surface area contributed by atoms with E-state index in [1.165, 1.54) is 16.2 Å². The van der Waals surface area contributed by atoms with E-state index in [9.17, 15) is 0 Å². The lowest BCUT2D eigenvalue weighted by Gasteiger charge is -2.07. The van der Waals surface area contributed by atoms with Crippen molar-refractivity contribution in [3.8, 4) is 11.3 Å². The maximum Gasteiger partial charge on any atom is 0.110 e. The van der Waals surface area contributed by atoms with Crippen LogP contribution >= 0.6 is 11.8 Å². The van der Waals surface area contributed by atoms with Gasteiger partial charge in [-0.3, -0.25) is 0 Å². The molecule has 96 valence electrons. The highest BCUT2D eigenvalue weighted by molar-refractivity contribution is 7.98. The average molecular weight is 261 g/mol. The standard InChI is InChI=1S/C14H19N3S/c1-10-14(17(2)13(16-10)8-9-15)11-4-6-12(18-3)7-5-11/h4-7H,8-9,15H2,1-3H3. The molecule has 1 heterocycles. The Morgan fingerprint density at radius 3 is 2.50 bits per heavy atom. The molecule has 1 aromatic heterocycles. The van der Waals surface area contributed by atoms with Gasteiger partial charge in [-0.05, 0) is 31.9 Å². The number of thioether (sulfide) groups is 1. The first-order valence-electron chi connectivity index (χ1n) is 6.04. The predicted octanol–water partition coefficient (Wildman–Crippen LogP) is 2.62. The smallest absolute Gasteiger partial charge is 0.110 e. The van der Waals surface area contributed by atoms with Gasteiger partial charge in [0.2, 0.25) is 0 Å². The Kier molecular flexibility index (Phi) is 4.09. The summed E-state index contributed by atoms with van der Waals surface area (Å²) in [5, 5.41) is 0. The molecule has 0 radical (unpaired) electrons. The summed E-state index contributed by atoms with van der Waals surface area (Å²) in [5.74, 6) is 1.05. The van der Waals surface area contributed by atoms with Gasteiger partial charge in [0.25, 0.3) is 0 Å². The van der Waals surface area contributed by atoms with Crippen molar-refractivity contribution < 1.29 is 0 Å². The Bertz CT molecular complexity index is 529. The molecule has 0 fully saturated rings. The van der Waals surface area contributed by atoms with Crippen molar-refractivity contribution in [2.45, 2.75) is 18.2 Å². The van der Waals surface area contributed by atoms with Crippen LogP contribution in [0.3, 0.4) is 0 Å². The summed E-state index contributed by atoms with van der Waals surface area (Å²) in [6.45, 7) is 2.69. The Morgan fingerprint density at radius 2 is 1.94 bits per heavy atom. The zero-order valence-corrected chi connectivity index (χ0v) is 11.9. The van der Waals surface area contributed by atoms with E-state index >= 15 is 0 Å². The molecule has 0 aliphatic heterocycles. The van der Waals surface area contributed by atoms with Gasteiger partial charge in [0, 0.05) is 23.9 Å². The molecule has 0 unspecified atom stereocenters. The van der Waals surface area contributed by atoms with Crippen LogP contribution in [0.15, 0.2) is 29.2 Å². The predicted molar refractivity (Wildman–Crippen MR) is 77.9 cm³/mol. The summed E-state index contributed by atoms with van der Waals surface area (Å²) in [6.07, 6.45) is 2.91. The molecule has 0 bridgehead atoms. The highest BCUT2D eigenvalue weighted by atomic mass is 32.2. The van der Waals surface area contributed by atoms with Crippen LogP contribution in [0.4, 0.5) is 0 Å². The van der Waals surface area contributed by atoms with E-state index in [0.29, 0.717) is 6.54 Å². The van der Waals surface area contributed by atoms with Crippen LogP contribution in [-0.2, 0) is 13.5 Å². The van der Waals surface area contributed by atoms with Crippen molar-refractivity contribution in [2.24, 2.45) is 12.8 Å². The Labute approximate surface area is 112 Å². The van der Waals surface area contributed by atoms with Gasteiger partial charge >= 0.3 is 0 Å². The van der Waals surface area contributed by atoms with E-state index in [0.717, 1.165) is 17.9 Å². The Balaban J connectivity index is 2.43. The Morgan fingerprint density at radius 1 is 1.28 bits per heavy atom. The molecule has 4 heteroatoms. The van der Waals surface area contributed by atoms with E-state index < -0.39 is 0 Å². The van der Waals surface area contributed by atoms with E-state index in [1.807, 2.05) is 0 Å². The first-order valence-corrected chi connectivity index (χ1v) is 7.26. The van der Waals surface area contributed by atoms with Gasteiger partial charge in [0.15, 0.2) is 0 Å². The van der Waals surface area contributed by atoms with Gasteiger partial charge in [-0.2, -0.15) is 0 Å². The molecule has 2 rings (SSSR count). The second kappa shape index (κ2) is 5.59. The Hall–Kier alpha value is -1.26. The molecule has 1 aromatic carbocycles. The van der Waals surface area contributed by atoms with Gasteiger partial charge in [0.05, 0.1) is 11.4 Å². The number of benzene rings is 1. The van der Waals surface area contributed by atoms with E-state index in [4.69, 9.17) is 5.73 Å². The molecule has 0 aliphatic carbocycles. The van der Waals surface area contributed by atoms with E-state index in [-0.39, 0.29) is 0 Å². The van der Waals surface area contributed by atoms with Crippen LogP contribution in [0.25, 0.3) is 11.3 Å². The summed E-state index contributed by atoms with van der Waals surface area (Å²) in [7, 11) is 2.06. The zero-order valence-electron chi connectivity index (χ0n) is 11.1. The van der Waals surface area contributed by atoms with Crippen LogP contribution in [0.1, 0.15) is 11.5 Å². The number of nitrogens with two attached hydrogens (primary N) is 1. The summed E-state index contributed by atoms with van der Waals surface area (Å²) >= 11 is 1.76. The number of hydrogen-bond acceptors (Lipinski definition) is 3. The van der Waals surface area contributed by atoms with Gasteiger partial charge in [-0.1, -0.05) is 12.1 Å². The van der Waals surface area contributed by atoms with Gasteiger partial charge < -0.3 is 10.3 Å². The SMILES string of the molecule is CSc1ccc(-c2c(C)nc(CCN)n2C)cc1. The quantitative estimate of drug-likeness (QED) is 0.860. The molecule has 0 amide bonds. The van der Waals surface area contributed by atoms with Crippen molar-refractivity contribution in [1.29, 1.82) is 0 Å². The van der Waals surface area contributed by atoms with Gasteiger partial charge in [0.1, 0.15) is 5.82 Å². The summed E-state index contributed by atoms with van der Waals surface area (Å²) < 4.78 is 2.15. The van der Waals surface area contributed by atoms with Crippen LogP contribution in [0, 0.1) is 6.92 Å². The van der Waals surface area contributed by atoms with Crippen LogP contribution in [0.2, 0.25) is 0 Å². The molecule has 0 atom stereocenters. The molecule has 2 aromatic rings. The van der Waals surface area contributed by atoms with Crippen molar-refractivity contribution >= 4 is 11.8 Å². The lowest BCUT2D eigenvalue weighted by Crippen LogP contribution is -2.08. The first-order chi connectivity index (χ1) is 8.67. The molecular formula is C14H19N3S. The van der Waals surface area contributed by atoms with E-state index in [2.05, 4.69) is 54.0 Å². The number of rotatable bonds is 4. The minimum Gasteiger partial charge on any atom is -0.331 e. The highest BCUT2D eigenvalue weighted by Crippen LogP contribution is 2.26. The van der Waals surface area contributed by atoms with Gasteiger partial charge in [-0.25, -0.2) is 4.98 Å². The lowest BCUT2D eigenvalue weighted by atomic mass is 10.1. The monoisotopic (exact) mass is 261 g/mol. The third-order valence-corrected chi connectivity index (χ3v) is 3.84. The number of hydrogen-bond donors (Lipinski definition) is 1. The highest BCUT2D eigenvalue weighted by Gasteiger charge is 2.12. The third-order valence-electron chi connectivity index (χ3n) is 3.09. The fourth-order valence-corrected chi connectivity index (χ4v) is 2.61. The second-order valence-corrected chi connectivity index (χ2v) is 5.17. The third kappa shape index (κ3) is 2.44. The van der Waals surface area contributed by atoms with Crippen molar-refractivity contribution in [3.63, 3.8) is 0 Å². The first kappa shape index (κ1) is 13.2. The number of aryl methyl sites for hydroxylation is 1. The molecular weight excluding hydrogens is 242 g/mol. The van der Waals surface area contributed by atoms with Crippen molar-refractivity contribution in [1.82, 2.24) is 9.55 Å². The number of aromatic nitrogens is 2. The molecule has 18 heavy (non-hydrogen) atoms. The molecule has 0 spiro atoms. The minimum absolute atomic E-state index is 0.634. The van der Waals surface area contributed by atoms with Crippen molar-refractivity contribution in [2.75, 3.05) is 12.8 Å². The fourth-order valence-electron chi connectivity index (χ4n) is 2.20. The van der Waals surface area contributed by atoms with E-state index in [1.54, 1.807) is 11.8 Å². The summed E-state index contributed by atoms with van der Waals surface area (Å²) in [5.41, 5.74) is 9.07.